The molecular weight excluding hydrogens is 1020 g/mol. The van der Waals surface area contributed by atoms with Crippen LogP contribution in [0.15, 0.2) is 82.6 Å². The van der Waals surface area contributed by atoms with Crippen LogP contribution in [-0.2, 0) is 60.8 Å². The molecule has 7 rings (SSSR count). The maximum atomic E-state index is 15.0. The van der Waals surface area contributed by atoms with Gasteiger partial charge in [0.2, 0.25) is 53.2 Å². The number of nitrogens with zero attached hydrogens (tertiary/aromatic N) is 4. The predicted octanol–water partition coefficient (Wildman–Crippen LogP) is -0.445. The number of nitrogens with two attached hydrogens (primary N) is 2. The number of H-pyrrole nitrogens is 1. The van der Waals surface area contributed by atoms with Crippen molar-refractivity contribution in [1.82, 2.24) is 52.0 Å². The minimum absolute atomic E-state index is 0.0197. The Kier molecular flexibility index (Phi) is 20.5. The highest BCUT2D eigenvalue weighted by Gasteiger charge is 2.44. The molecule has 0 aliphatic carbocycles. The number of Topliss-reactive ketones (excluding diaryl/α,β-unsaturated/α-hetero) is 1. The summed E-state index contributed by atoms with van der Waals surface area (Å²) in [6.07, 6.45) is 6.63. The number of carbonyl (C=O) groups excluding carboxylic acids is 10. The predicted molar refractivity (Wildman–Crippen MR) is 292 cm³/mol. The Balaban J connectivity index is 1.27. The lowest BCUT2D eigenvalue weighted by atomic mass is 10.0. The Hall–Kier alpha value is -8.44. The summed E-state index contributed by atoms with van der Waals surface area (Å²) in [4.78, 5) is 156. The van der Waals surface area contributed by atoms with Gasteiger partial charge in [-0.25, -0.2) is 0 Å². The van der Waals surface area contributed by atoms with Crippen LogP contribution < -0.4 is 48.7 Å². The van der Waals surface area contributed by atoms with Crippen molar-refractivity contribution in [3.8, 4) is 0 Å². The smallest absolute Gasteiger partial charge is 0.246 e. The molecule has 24 heteroatoms. The highest BCUT2D eigenvalue weighted by Crippen LogP contribution is 2.27. The van der Waals surface area contributed by atoms with Gasteiger partial charge in [0.05, 0.1) is 12.5 Å². The van der Waals surface area contributed by atoms with Crippen molar-refractivity contribution in [3.05, 3.63) is 83.7 Å². The minimum Gasteiger partial charge on any atom is -0.370 e. The van der Waals surface area contributed by atoms with Gasteiger partial charge in [-0.05, 0) is 75.5 Å². The second-order valence-corrected chi connectivity index (χ2v) is 20.4. The summed E-state index contributed by atoms with van der Waals surface area (Å²) in [7, 11) is 0. The first-order valence-electron chi connectivity index (χ1n) is 27.0. The number of allylic oxidation sites excluding steroid dienone is 1. The second-order valence-electron chi connectivity index (χ2n) is 20.4. The van der Waals surface area contributed by atoms with Crippen molar-refractivity contribution in [2.45, 2.75) is 146 Å². The molecule has 3 aromatic rings. The number of para-hydroxylation sites is 1. The van der Waals surface area contributed by atoms with E-state index in [1.54, 1.807) is 54.9 Å². The Morgan fingerprint density at radius 2 is 1.32 bits per heavy atom. The number of guanidine groups is 1. The molecule has 422 valence electrons. The van der Waals surface area contributed by atoms with Crippen LogP contribution in [0.25, 0.3) is 10.9 Å². The molecule has 9 amide bonds. The molecule has 0 radical (unpaired) electrons. The number of aliphatic imine (C=N–C) groups is 2. The molecule has 0 spiro atoms. The summed E-state index contributed by atoms with van der Waals surface area (Å²) < 4.78 is 0. The van der Waals surface area contributed by atoms with Gasteiger partial charge in [0.15, 0.2) is 11.7 Å². The van der Waals surface area contributed by atoms with Crippen LogP contribution in [0.1, 0.15) is 95.6 Å². The third kappa shape index (κ3) is 16.1. The number of hydrogen-bond donors (Lipinski definition) is 10. The molecule has 3 saturated heterocycles. The Morgan fingerprint density at radius 3 is 2.00 bits per heavy atom. The summed E-state index contributed by atoms with van der Waals surface area (Å²) in [6.45, 7) is 3.07. The molecule has 0 bridgehead atoms. The molecule has 0 unspecified atom stereocenters. The fraction of sp³-hybridized carbons (Fsp3) is 0.491. The summed E-state index contributed by atoms with van der Waals surface area (Å²) in [5.74, 6) is -6.77. The summed E-state index contributed by atoms with van der Waals surface area (Å²) >= 11 is 0. The van der Waals surface area contributed by atoms with Crippen LogP contribution >= 0.6 is 0 Å². The van der Waals surface area contributed by atoms with E-state index in [9.17, 15) is 43.2 Å². The van der Waals surface area contributed by atoms with Gasteiger partial charge in [-0.15, -0.1) is 0 Å². The standard InChI is InChI=1S/C55H72N14O10/c1-32(70)45-20-11-25-68(45)54(79)46-21-12-26-69(46)53(78)44-30-47(72)59-23-9-18-39(62-33(2)71)48(73)66-43(29-36-15-8-22-58-36)52(77)64-41(27-34-13-4-3-5-14-34)50(75)63-40(19-10-24-60-55(56)57)49(74)65-42(51(76)67-44)28-35-31-61-38-17-7-6-16-37(35)38/h3-7,13-17,22,31,39-46,61H,8-12,18-21,23-30H2,1-2H3,(H,59,72)(H,62,71)(H,63,75)(H,64,77)(H,65,74)(H,66,73)(H,67,76)(H4,56,57,60)/t39-,40-,41+,42-,43-,44-,45-,46-/m0/s1. The number of fused-ring (bicyclic) bond motifs is 1. The van der Waals surface area contributed by atoms with Crippen molar-refractivity contribution in [1.29, 1.82) is 0 Å². The third-order valence-electron chi connectivity index (χ3n) is 14.5. The fourth-order valence-electron chi connectivity index (χ4n) is 10.5. The molecule has 3 fully saturated rings. The molecule has 8 atom stereocenters. The van der Waals surface area contributed by atoms with E-state index in [4.69, 9.17) is 11.5 Å². The number of hydrogen-bond acceptors (Lipinski definition) is 12. The topological polar surface area (TPSA) is 354 Å². The number of carbonyl (C=O) groups is 10. The van der Waals surface area contributed by atoms with Gasteiger partial charge < -0.3 is 63.5 Å². The van der Waals surface area contributed by atoms with Crippen LogP contribution in [0.2, 0.25) is 0 Å². The first kappa shape index (κ1) is 58.2. The molecular formula is C55H72N14O10. The molecule has 12 N–H and O–H groups in total. The molecule has 2 aromatic carbocycles. The van der Waals surface area contributed by atoms with Crippen molar-refractivity contribution in [3.63, 3.8) is 0 Å². The zero-order valence-corrected chi connectivity index (χ0v) is 44.6. The van der Waals surface area contributed by atoms with Crippen LogP contribution in [0.5, 0.6) is 0 Å². The molecule has 5 heterocycles. The monoisotopic (exact) mass is 1090 g/mol. The van der Waals surface area contributed by atoms with Gasteiger partial charge in [-0.2, -0.15) is 0 Å². The largest absolute Gasteiger partial charge is 0.370 e. The number of benzene rings is 2. The maximum absolute atomic E-state index is 15.0. The quantitative estimate of drug-likeness (QED) is 0.0558. The first-order chi connectivity index (χ1) is 37.9. The second kappa shape index (κ2) is 27.7. The lowest BCUT2D eigenvalue weighted by molar-refractivity contribution is -0.148. The number of ketones is 1. The highest BCUT2D eigenvalue weighted by atomic mass is 16.2. The fourth-order valence-corrected chi connectivity index (χ4v) is 10.5. The molecule has 4 aliphatic heterocycles. The Bertz CT molecular complexity index is 2850. The van der Waals surface area contributed by atoms with E-state index in [2.05, 4.69) is 52.2 Å². The number of aromatic amines is 1. The number of aromatic nitrogens is 1. The number of amides is 9. The number of rotatable bonds is 14. The lowest BCUT2D eigenvalue weighted by Gasteiger charge is -2.33. The van der Waals surface area contributed by atoms with Crippen LogP contribution in [0.4, 0.5) is 0 Å². The van der Waals surface area contributed by atoms with Crippen LogP contribution in [0.3, 0.4) is 0 Å². The highest BCUT2D eigenvalue weighted by molar-refractivity contribution is 6.00. The summed E-state index contributed by atoms with van der Waals surface area (Å²) in [5.41, 5.74) is 13.7. The van der Waals surface area contributed by atoms with Gasteiger partial charge in [-0.1, -0.05) is 54.6 Å². The van der Waals surface area contributed by atoms with E-state index in [-0.39, 0.29) is 82.7 Å². The van der Waals surface area contributed by atoms with E-state index in [1.165, 1.54) is 23.6 Å². The van der Waals surface area contributed by atoms with Crippen LogP contribution in [0, 0.1) is 0 Å². The van der Waals surface area contributed by atoms with Crippen molar-refractivity contribution in [2.24, 2.45) is 21.5 Å². The zero-order valence-electron chi connectivity index (χ0n) is 44.6. The van der Waals surface area contributed by atoms with E-state index >= 15 is 4.79 Å². The van der Waals surface area contributed by atoms with E-state index < -0.39 is 108 Å². The Morgan fingerprint density at radius 1 is 0.696 bits per heavy atom. The van der Waals surface area contributed by atoms with Gasteiger partial charge in [0, 0.05) is 87.8 Å². The number of nitrogens with one attached hydrogen (secondary N) is 8. The molecule has 1 aromatic heterocycles. The summed E-state index contributed by atoms with van der Waals surface area (Å²) in [6, 6.07) is 6.15. The zero-order chi connectivity index (χ0) is 56.6. The molecule has 79 heavy (non-hydrogen) atoms. The van der Waals surface area contributed by atoms with Gasteiger partial charge in [0.25, 0.3) is 0 Å². The van der Waals surface area contributed by atoms with Crippen molar-refractivity contribution < 1.29 is 47.9 Å². The minimum atomic E-state index is -1.59. The summed E-state index contributed by atoms with van der Waals surface area (Å²) in [5, 5.41) is 20.0. The number of likely N-dealkylation sites (tertiary alicyclic amines) is 2. The molecule has 24 nitrogen and oxygen atoms in total. The van der Waals surface area contributed by atoms with Gasteiger partial charge >= 0.3 is 0 Å². The normalized spacial score (nSPS) is 24.9. The Labute approximate surface area is 457 Å². The molecule has 0 saturated carbocycles. The lowest BCUT2D eigenvalue weighted by Crippen LogP contribution is -2.61. The third-order valence-corrected chi connectivity index (χ3v) is 14.5. The van der Waals surface area contributed by atoms with Crippen molar-refractivity contribution >= 4 is 82.0 Å². The first-order valence-corrected chi connectivity index (χ1v) is 27.0. The average molecular weight is 1090 g/mol. The van der Waals surface area contributed by atoms with E-state index in [0.717, 1.165) is 10.9 Å². The maximum Gasteiger partial charge on any atom is 0.246 e. The van der Waals surface area contributed by atoms with Gasteiger partial charge in [0.1, 0.15) is 42.3 Å². The van der Waals surface area contributed by atoms with Crippen LogP contribution in [-0.4, -0.2) is 160 Å². The molecule has 4 aliphatic rings. The average Bonchev–Trinajstić information content (AvgIpc) is 4.31. The van der Waals surface area contributed by atoms with E-state index in [1.807, 2.05) is 18.2 Å². The SMILES string of the molecule is CC(=O)N[C@H]1CCCNC(=O)C[C@@H](C(=O)N2CCC[C@H]2C(=O)N2CCC[C@H]2C(C)=O)NC(=O)[C@H](Cc2c[nH]c3ccccc23)NC(=O)[C@H](CCCN=C(N)N)NC(=O)[C@@H](Cc2ccccc2)NC(=O)[C@H](CC2=CCC=N2)NC1=O. The van der Waals surface area contributed by atoms with E-state index in [0.29, 0.717) is 49.1 Å². The van der Waals surface area contributed by atoms with Crippen molar-refractivity contribution in [2.75, 3.05) is 26.2 Å². The van der Waals surface area contributed by atoms with Gasteiger partial charge in [-0.3, -0.25) is 57.9 Å².